The lowest BCUT2D eigenvalue weighted by atomic mass is 10.2. The molecule has 0 aromatic heterocycles. The molecule has 1 nitrogen and oxygen atoms in total. The lowest BCUT2D eigenvalue weighted by molar-refractivity contribution is -0.126. The molecular weight excluding hydrogens is 191 g/mol. The summed E-state index contributed by atoms with van der Waals surface area (Å²) in [7, 11) is 0. The first-order chi connectivity index (χ1) is 4.99. The van der Waals surface area contributed by atoms with Gasteiger partial charge in [-0.3, -0.25) is 0 Å². The Bertz CT molecular complexity index is 101. The molecule has 0 saturated heterocycles. The molecule has 0 aromatic carbocycles. The summed E-state index contributed by atoms with van der Waals surface area (Å²) in [5.74, 6) is 0. The van der Waals surface area contributed by atoms with Gasteiger partial charge in [-0.2, -0.15) is 13.2 Å². The highest BCUT2D eigenvalue weighted by molar-refractivity contribution is 5.85. The average Bonchev–Trinajstić information content (AvgIpc) is 1.88. The summed E-state index contributed by atoms with van der Waals surface area (Å²) in [5, 5.41) is 2.43. The number of halogens is 4. The Labute approximate surface area is 77.1 Å². The van der Waals surface area contributed by atoms with E-state index in [1.165, 1.54) is 0 Å². The smallest absolute Gasteiger partial charge is 0.306 e. The molecule has 76 valence electrons. The minimum atomic E-state index is -4.08. The minimum Gasteiger partial charge on any atom is -0.306 e. The van der Waals surface area contributed by atoms with E-state index < -0.39 is 12.7 Å². The van der Waals surface area contributed by atoms with E-state index in [0.29, 0.717) is 0 Å². The quantitative estimate of drug-likeness (QED) is 0.744. The van der Waals surface area contributed by atoms with Crippen molar-refractivity contribution in [2.24, 2.45) is 0 Å². The first-order valence-electron chi connectivity index (χ1n) is 3.79. The largest absolute Gasteiger partial charge is 0.401 e. The molecule has 0 atom stereocenters. The van der Waals surface area contributed by atoms with E-state index in [-0.39, 0.29) is 18.4 Å². The van der Waals surface area contributed by atoms with Crippen molar-refractivity contribution in [2.75, 3.05) is 6.54 Å². The van der Waals surface area contributed by atoms with E-state index in [1.807, 2.05) is 13.8 Å². The van der Waals surface area contributed by atoms with Crippen molar-refractivity contribution in [3.05, 3.63) is 0 Å². The van der Waals surface area contributed by atoms with Gasteiger partial charge in [0.25, 0.3) is 0 Å². The van der Waals surface area contributed by atoms with Crippen LogP contribution in [0.4, 0.5) is 13.2 Å². The van der Waals surface area contributed by atoms with Gasteiger partial charge in [0.2, 0.25) is 0 Å². The molecule has 1 N–H and O–H groups in total. The normalized spacial score (nSPS) is 11.5. The van der Waals surface area contributed by atoms with Crippen LogP contribution in [-0.4, -0.2) is 18.8 Å². The molecular formula is C7H15ClF3N. The van der Waals surface area contributed by atoms with Crippen LogP contribution in [-0.2, 0) is 0 Å². The van der Waals surface area contributed by atoms with Gasteiger partial charge >= 0.3 is 6.18 Å². The molecule has 0 heterocycles. The van der Waals surface area contributed by atoms with E-state index in [9.17, 15) is 13.2 Å². The third kappa shape index (κ3) is 8.14. The molecule has 5 heteroatoms. The van der Waals surface area contributed by atoms with Gasteiger partial charge in [-0.25, -0.2) is 0 Å². The number of hydrogen-bond donors (Lipinski definition) is 1. The van der Waals surface area contributed by atoms with Gasteiger partial charge in [0, 0.05) is 6.04 Å². The Balaban J connectivity index is 0. The van der Waals surface area contributed by atoms with Gasteiger partial charge in [-0.05, 0) is 12.8 Å². The van der Waals surface area contributed by atoms with Crippen LogP contribution >= 0.6 is 12.4 Å². The van der Waals surface area contributed by atoms with Gasteiger partial charge < -0.3 is 5.32 Å². The van der Waals surface area contributed by atoms with Crippen molar-refractivity contribution < 1.29 is 13.2 Å². The van der Waals surface area contributed by atoms with Crippen LogP contribution in [0.5, 0.6) is 0 Å². The maximum absolute atomic E-state index is 11.6. The van der Waals surface area contributed by atoms with Crippen molar-refractivity contribution in [1.29, 1.82) is 0 Å². The number of rotatable bonds is 4. The van der Waals surface area contributed by atoms with E-state index in [1.54, 1.807) is 0 Å². The average molecular weight is 206 g/mol. The molecule has 0 amide bonds. The van der Waals surface area contributed by atoms with Gasteiger partial charge in [0.15, 0.2) is 0 Å². The first-order valence-corrected chi connectivity index (χ1v) is 3.79. The third-order valence-corrected chi connectivity index (χ3v) is 1.58. The summed E-state index contributed by atoms with van der Waals surface area (Å²) in [6, 6.07) is -0.00312. The van der Waals surface area contributed by atoms with Crippen LogP contribution in [0.15, 0.2) is 0 Å². The Morgan fingerprint density at radius 3 is 1.83 bits per heavy atom. The zero-order valence-corrected chi connectivity index (χ0v) is 8.06. The second kappa shape index (κ2) is 6.54. The molecule has 0 bridgehead atoms. The molecule has 0 aromatic rings. The first kappa shape index (κ1) is 14.6. The van der Waals surface area contributed by atoms with Gasteiger partial charge in [-0.1, -0.05) is 13.8 Å². The fourth-order valence-corrected chi connectivity index (χ4v) is 0.837. The Morgan fingerprint density at radius 2 is 1.58 bits per heavy atom. The highest BCUT2D eigenvalue weighted by atomic mass is 35.5. The van der Waals surface area contributed by atoms with Gasteiger partial charge in [-0.15, -0.1) is 12.4 Å². The van der Waals surface area contributed by atoms with Crippen LogP contribution < -0.4 is 5.32 Å². The maximum atomic E-state index is 11.6. The Hall–Kier alpha value is 0.0400. The van der Waals surface area contributed by atoms with Crippen molar-refractivity contribution in [3.8, 4) is 0 Å². The molecule has 0 aliphatic rings. The van der Waals surface area contributed by atoms with E-state index in [0.717, 1.165) is 12.8 Å². The third-order valence-electron chi connectivity index (χ3n) is 1.58. The molecule has 0 saturated carbocycles. The van der Waals surface area contributed by atoms with Gasteiger partial charge in [0.05, 0.1) is 6.54 Å². The number of nitrogens with one attached hydrogen (secondary N) is 1. The molecule has 0 aliphatic heterocycles. The van der Waals surface area contributed by atoms with Crippen LogP contribution in [0.25, 0.3) is 0 Å². The molecule has 12 heavy (non-hydrogen) atoms. The molecule has 0 aliphatic carbocycles. The van der Waals surface area contributed by atoms with Crippen molar-refractivity contribution in [1.82, 2.24) is 5.32 Å². The maximum Gasteiger partial charge on any atom is 0.401 e. The van der Waals surface area contributed by atoms with Crippen LogP contribution in [0.2, 0.25) is 0 Å². The molecule has 0 rings (SSSR count). The topological polar surface area (TPSA) is 12.0 Å². The SMILES string of the molecule is CCC(CC)NCC(F)(F)F.Cl. The summed E-state index contributed by atoms with van der Waals surface area (Å²) < 4.78 is 34.9. The fourth-order valence-electron chi connectivity index (χ4n) is 0.837. The highest BCUT2D eigenvalue weighted by Crippen LogP contribution is 2.13. The van der Waals surface area contributed by atoms with Crippen molar-refractivity contribution in [3.63, 3.8) is 0 Å². The van der Waals surface area contributed by atoms with E-state index >= 15 is 0 Å². The van der Waals surface area contributed by atoms with Crippen LogP contribution in [0.1, 0.15) is 26.7 Å². The van der Waals surface area contributed by atoms with Crippen molar-refractivity contribution >= 4 is 12.4 Å². The monoisotopic (exact) mass is 205 g/mol. The van der Waals surface area contributed by atoms with E-state index in [4.69, 9.17) is 0 Å². The second-order valence-corrected chi connectivity index (χ2v) is 2.51. The Morgan fingerprint density at radius 1 is 1.17 bits per heavy atom. The second-order valence-electron chi connectivity index (χ2n) is 2.51. The molecule has 0 fully saturated rings. The summed E-state index contributed by atoms with van der Waals surface area (Å²) in [6.45, 7) is 2.87. The minimum absolute atomic E-state index is 0. The van der Waals surface area contributed by atoms with E-state index in [2.05, 4.69) is 5.32 Å². The predicted octanol–water partition coefficient (Wildman–Crippen LogP) is 2.75. The lowest BCUT2D eigenvalue weighted by Gasteiger charge is -2.15. The highest BCUT2D eigenvalue weighted by Gasteiger charge is 2.27. The van der Waals surface area contributed by atoms with Crippen LogP contribution in [0.3, 0.4) is 0 Å². The van der Waals surface area contributed by atoms with Crippen molar-refractivity contribution in [2.45, 2.75) is 38.9 Å². The zero-order chi connectivity index (χ0) is 8.91. The standard InChI is InChI=1S/C7H14F3N.ClH/c1-3-6(4-2)11-5-7(8,9)10;/h6,11H,3-5H2,1-2H3;1H. The molecule has 0 spiro atoms. The summed E-state index contributed by atoms with van der Waals surface area (Å²) in [5.41, 5.74) is 0. The summed E-state index contributed by atoms with van der Waals surface area (Å²) in [6.07, 6.45) is -2.60. The molecule has 0 radical (unpaired) electrons. The predicted molar refractivity (Wildman–Crippen MR) is 45.7 cm³/mol. The number of hydrogen-bond acceptors (Lipinski definition) is 1. The number of alkyl halides is 3. The molecule has 0 unspecified atom stereocenters. The van der Waals surface area contributed by atoms with Gasteiger partial charge in [0.1, 0.15) is 0 Å². The Kier molecular flexibility index (Phi) is 7.94. The zero-order valence-electron chi connectivity index (χ0n) is 7.24. The fraction of sp³-hybridized carbons (Fsp3) is 1.00. The summed E-state index contributed by atoms with van der Waals surface area (Å²) >= 11 is 0. The van der Waals surface area contributed by atoms with Crippen LogP contribution in [0, 0.1) is 0 Å². The lowest BCUT2D eigenvalue weighted by Crippen LogP contribution is -2.36. The summed E-state index contributed by atoms with van der Waals surface area (Å²) in [4.78, 5) is 0.